The molecule has 158 valence electrons. The van der Waals surface area contributed by atoms with Gasteiger partial charge in [-0.3, -0.25) is 4.72 Å². The van der Waals surface area contributed by atoms with Gasteiger partial charge in [-0.25, -0.2) is 16.8 Å². The van der Waals surface area contributed by atoms with E-state index in [0.29, 0.717) is 11.1 Å². The topological polar surface area (TPSA) is 80.3 Å². The predicted molar refractivity (Wildman–Crippen MR) is 106 cm³/mol. The summed E-state index contributed by atoms with van der Waals surface area (Å²) in [4.78, 5) is -0.661. The molecule has 0 saturated carbocycles. The molecule has 3 aromatic carbocycles. The maximum absolute atomic E-state index is 12.8. The summed E-state index contributed by atoms with van der Waals surface area (Å²) in [6, 6.07) is 13.6. The molecular weight excluding hydrogens is 463 g/mol. The van der Waals surface area contributed by atoms with Crippen molar-refractivity contribution in [1.82, 2.24) is 0 Å². The standard InChI is InChI=1S/C19H13ClF3NO4S2/c20-14-4-8-16(9-5-14)29(25,26)17-10-6-15(7-11-17)24-30(27,28)18-3-1-2-13(12-18)19(21,22)23/h1-12,24H. The van der Waals surface area contributed by atoms with E-state index in [-0.39, 0.29) is 15.5 Å². The smallest absolute Gasteiger partial charge is 0.280 e. The van der Waals surface area contributed by atoms with Crippen LogP contribution in [0.4, 0.5) is 18.9 Å². The van der Waals surface area contributed by atoms with Gasteiger partial charge >= 0.3 is 6.18 Å². The molecule has 0 unspecified atom stereocenters. The number of rotatable bonds is 5. The van der Waals surface area contributed by atoms with Crippen LogP contribution in [0.5, 0.6) is 0 Å². The maximum atomic E-state index is 12.8. The fraction of sp³-hybridized carbons (Fsp3) is 0.0526. The second kappa shape index (κ2) is 7.93. The van der Waals surface area contributed by atoms with Crippen LogP contribution in [0, 0.1) is 0 Å². The second-order valence-electron chi connectivity index (χ2n) is 6.11. The largest absolute Gasteiger partial charge is 0.416 e. The highest BCUT2D eigenvalue weighted by molar-refractivity contribution is 7.92. The van der Waals surface area contributed by atoms with Gasteiger partial charge in [-0.2, -0.15) is 13.2 Å². The van der Waals surface area contributed by atoms with E-state index in [9.17, 15) is 30.0 Å². The van der Waals surface area contributed by atoms with Gasteiger partial charge in [0.1, 0.15) is 0 Å². The second-order valence-corrected chi connectivity index (χ2v) is 10.2. The van der Waals surface area contributed by atoms with Crippen LogP contribution in [0.1, 0.15) is 5.56 Å². The van der Waals surface area contributed by atoms with Gasteiger partial charge in [0.2, 0.25) is 9.84 Å². The van der Waals surface area contributed by atoms with Crippen molar-refractivity contribution in [2.75, 3.05) is 4.72 Å². The van der Waals surface area contributed by atoms with Crippen molar-refractivity contribution >= 4 is 37.1 Å². The molecule has 11 heteroatoms. The lowest BCUT2D eigenvalue weighted by Gasteiger charge is -2.11. The van der Waals surface area contributed by atoms with E-state index >= 15 is 0 Å². The molecule has 0 aliphatic carbocycles. The number of hydrogen-bond acceptors (Lipinski definition) is 4. The van der Waals surface area contributed by atoms with Gasteiger partial charge in [0.05, 0.1) is 20.2 Å². The van der Waals surface area contributed by atoms with E-state index in [1.54, 1.807) is 0 Å². The van der Waals surface area contributed by atoms with E-state index in [0.717, 1.165) is 18.2 Å². The minimum absolute atomic E-state index is 0.00389. The number of anilines is 1. The molecule has 1 N–H and O–H groups in total. The normalized spacial score (nSPS) is 12.5. The Kier molecular flexibility index (Phi) is 5.85. The summed E-state index contributed by atoms with van der Waals surface area (Å²) >= 11 is 5.75. The van der Waals surface area contributed by atoms with Crippen LogP contribution in [0.2, 0.25) is 5.02 Å². The van der Waals surface area contributed by atoms with Crippen LogP contribution >= 0.6 is 11.6 Å². The number of hydrogen-bond donors (Lipinski definition) is 1. The molecule has 0 saturated heterocycles. The average Bonchev–Trinajstić information content (AvgIpc) is 2.68. The zero-order chi connectivity index (χ0) is 22.2. The zero-order valence-corrected chi connectivity index (χ0v) is 17.3. The van der Waals surface area contributed by atoms with E-state index in [4.69, 9.17) is 11.6 Å². The summed E-state index contributed by atoms with van der Waals surface area (Å²) in [5, 5.41) is 0.369. The minimum atomic E-state index is -4.69. The maximum Gasteiger partial charge on any atom is 0.416 e. The Labute approximate surface area is 176 Å². The number of sulfonamides is 1. The SMILES string of the molecule is O=S(=O)(Nc1ccc(S(=O)(=O)c2ccc(Cl)cc2)cc1)c1cccc(C(F)(F)F)c1. The molecule has 30 heavy (non-hydrogen) atoms. The number of benzene rings is 3. The Bertz CT molecular complexity index is 1270. The highest BCUT2D eigenvalue weighted by Gasteiger charge is 2.31. The fourth-order valence-corrected chi connectivity index (χ4v) is 5.00. The Hall–Kier alpha value is -2.56. The first kappa shape index (κ1) is 22.1. The summed E-state index contributed by atoms with van der Waals surface area (Å²) in [6.45, 7) is 0. The van der Waals surface area contributed by atoms with Gasteiger partial charge in [-0.15, -0.1) is 0 Å². The molecule has 0 heterocycles. The first-order chi connectivity index (χ1) is 13.9. The van der Waals surface area contributed by atoms with E-state index in [1.807, 2.05) is 0 Å². The zero-order valence-electron chi connectivity index (χ0n) is 14.9. The minimum Gasteiger partial charge on any atom is -0.280 e. The predicted octanol–water partition coefficient (Wildman–Crippen LogP) is 4.99. The molecule has 5 nitrogen and oxygen atoms in total. The molecular formula is C19H13ClF3NO4S2. The Morgan fingerprint density at radius 2 is 1.27 bits per heavy atom. The highest BCUT2D eigenvalue weighted by atomic mass is 35.5. The van der Waals surface area contributed by atoms with Crippen LogP contribution < -0.4 is 4.72 Å². The number of sulfone groups is 1. The molecule has 3 aromatic rings. The quantitative estimate of drug-likeness (QED) is 0.563. The number of nitrogens with one attached hydrogen (secondary N) is 1. The summed E-state index contributed by atoms with van der Waals surface area (Å²) in [7, 11) is -8.17. The van der Waals surface area contributed by atoms with Gasteiger partial charge in [0.25, 0.3) is 10.0 Å². The third-order valence-corrected chi connectivity index (χ3v) is 7.43. The summed E-state index contributed by atoms with van der Waals surface area (Å²) in [5.41, 5.74) is -1.11. The Morgan fingerprint density at radius 1 is 0.733 bits per heavy atom. The first-order valence-corrected chi connectivity index (χ1v) is 11.5. The van der Waals surface area contributed by atoms with Crippen molar-refractivity contribution in [2.45, 2.75) is 20.9 Å². The molecule has 0 aliphatic heterocycles. The third-order valence-electron chi connectivity index (χ3n) is 4.01. The molecule has 0 radical (unpaired) electrons. The van der Waals surface area contributed by atoms with Crippen molar-refractivity contribution < 1.29 is 30.0 Å². The molecule has 0 spiro atoms. The van der Waals surface area contributed by atoms with Gasteiger partial charge in [-0.05, 0) is 66.7 Å². The lowest BCUT2D eigenvalue weighted by atomic mass is 10.2. The molecule has 0 atom stereocenters. The lowest BCUT2D eigenvalue weighted by Crippen LogP contribution is -2.14. The average molecular weight is 476 g/mol. The van der Waals surface area contributed by atoms with Gasteiger partial charge in [0.15, 0.2) is 0 Å². The van der Waals surface area contributed by atoms with E-state index in [1.165, 1.54) is 48.5 Å². The lowest BCUT2D eigenvalue weighted by molar-refractivity contribution is -0.137. The van der Waals surface area contributed by atoms with Crippen molar-refractivity contribution in [3.63, 3.8) is 0 Å². The van der Waals surface area contributed by atoms with Crippen molar-refractivity contribution in [2.24, 2.45) is 0 Å². The molecule has 0 aliphatic rings. The summed E-state index contributed by atoms with van der Waals surface area (Å²) in [5.74, 6) is 0. The van der Waals surface area contributed by atoms with Crippen LogP contribution in [0.3, 0.4) is 0 Å². The molecule has 0 fully saturated rings. The Morgan fingerprint density at radius 3 is 1.80 bits per heavy atom. The third kappa shape index (κ3) is 4.77. The van der Waals surface area contributed by atoms with Crippen LogP contribution in [-0.4, -0.2) is 16.8 Å². The van der Waals surface area contributed by atoms with Gasteiger partial charge in [-0.1, -0.05) is 17.7 Å². The van der Waals surface area contributed by atoms with Crippen LogP contribution in [0.15, 0.2) is 87.5 Å². The van der Waals surface area contributed by atoms with E-state index in [2.05, 4.69) is 4.72 Å². The van der Waals surface area contributed by atoms with Gasteiger partial charge < -0.3 is 0 Å². The first-order valence-electron chi connectivity index (χ1n) is 8.20. The molecule has 3 rings (SSSR count). The molecule has 0 aromatic heterocycles. The monoisotopic (exact) mass is 475 g/mol. The fourth-order valence-electron chi connectivity index (χ4n) is 2.51. The highest BCUT2D eigenvalue weighted by Crippen LogP contribution is 2.31. The number of alkyl halides is 3. The van der Waals surface area contributed by atoms with Gasteiger partial charge in [0, 0.05) is 10.7 Å². The molecule has 0 bridgehead atoms. The van der Waals surface area contributed by atoms with E-state index < -0.39 is 36.5 Å². The van der Waals surface area contributed by atoms with Crippen molar-refractivity contribution in [1.29, 1.82) is 0 Å². The summed E-state index contributed by atoms with van der Waals surface area (Å²) < 4.78 is 90.6. The summed E-state index contributed by atoms with van der Waals surface area (Å²) in [6.07, 6.45) is -4.69. The molecule has 0 amide bonds. The number of halogens is 4. The van der Waals surface area contributed by atoms with Crippen LogP contribution in [0.25, 0.3) is 0 Å². The van der Waals surface area contributed by atoms with Crippen LogP contribution in [-0.2, 0) is 26.0 Å². The Balaban J connectivity index is 1.86. The van der Waals surface area contributed by atoms with Crippen molar-refractivity contribution in [3.8, 4) is 0 Å². The van der Waals surface area contributed by atoms with Crippen molar-refractivity contribution in [3.05, 3.63) is 83.4 Å².